The lowest BCUT2D eigenvalue weighted by molar-refractivity contribution is -0.117. The quantitative estimate of drug-likeness (QED) is 0.873. The number of hydrogen-bond acceptors (Lipinski definition) is 2. The first-order chi connectivity index (χ1) is 9.08. The number of carboxylic acids is 1. The minimum atomic E-state index is -0.942. The lowest BCUT2D eigenvalue weighted by Crippen LogP contribution is -2.24. The molecule has 19 heavy (non-hydrogen) atoms. The summed E-state index contributed by atoms with van der Waals surface area (Å²) in [7, 11) is 0. The molecule has 0 radical (unpaired) electrons. The largest absolute Gasteiger partial charge is 0.478 e. The van der Waals surface area contributed by atoms with Crippen LogP contribution in [-0.4, -0.2) is 17.0 Å². The molecule has 4 heteroatoms. The Morgan fingerprint density at radius 2 is 1.89 bits per heavy atom. The van der Waals surface area contributed by atoms with Crippen LogP contribution in [0.4, 0.5) is 0 Å². The molecule has 0 aliphatic heterocycles. The lowest BCUT2D eigenvalue weighted by Gasteiger charge is -2.07. The normalized spacial score (nSPS) is 14.6. The Labute approximate surface area is 112 Å². The first-order valence-electron chi connectivity index (χ1n) is 6.37. The van der Waals surface area contributed by atoms with Gasteiger partial charge in [0.15, 0.2) is 0 Å². The molecule has 0 unspecified atom stereocenters. The molecule has 0 fully saturated rings. The molecule has 0 heterocycles. The van der Waals surface area contributed by atoms with Gasteiger partial charge in [0.05, 0.1) is 5.56 Å². The van der Waals surface area contributed by atoms with Gasteiger partial charge in [-0.05, 0) is 43.9 Å². The van der Waals surface area contributed by atoms with Crippen molar-refractivity contribution in [1.82, 2.24) is 5.32 Å². The Balaban J connectivity index is 1.94. The number of benzene rings is 1. The van der Waals surface area contributed by atoms with E-state index >= 15 is 0 Å². The zero-order chi connectivity index (χ0) is 13.8. The summed E-state index contributed by atoms with van der Waals surface area (Å²) < 4.78 is 0. The van der Waals surface area contributed by atoms with Crippen molar-refractivity contribution in [3.05, 3.63) is 46.5 Å². The first kappa shape index (κ1) is 13.3. The Bertz CT molecular complexity index is 529. The summed E-state index contributed by atoms with van der Waals surface area (Å²) in [4.78, 5) is 22.7. The van der Waals surface area contributed by atoms with Crippen LogP contribution >= 0.6 is 0 Å². The average molecular weight is 259 g/mol. The van der Waals surface area contributed by atoms with Crippen LogP contribution in [0.2, 0.25) is 0 Å². The van der Waals surface area contributed by atoms with Gasteiger partial charge in [0.25, 0.3) is 0 Å². The van der Waals surface area contributed by atoms with Gasteiger partial charge < -0.3 is 10.4 Å². The van der Waals surface area contributed by atoms with Crippen molar-refractivity contribution in [2.24, 2.45) is 0 Å². The second kappa shape index (κ2) is 5.69. The Hall–Kier alpha value is -2.10. The molecule has 1 aliphatic carbocycles. The van der Waals surface area contributed by atoms with E-state index < -0.39 is 5.97 Å². The minimum absolute atomic E-state index is 0.00249. The zero-order valence-electron chi connectivity index (χ0n) is 10.9. The van der Waals surface area contributed by atoms with E-state index in [9.17, 15) is 9.59 Å². The van der Waals surface area contributed by atoms with E-state index in [1.807, 2.05) is 6.92 Å². The van der Waals surface area contributed by atoms with Crippen molar-refractivity contribution < 1.29 is 14.7 Å². The maximum absolute atomic E-state index is 11.9. The van der Waals surface area contributed by atoms with E-state index in [0.29, 0.717) is 6.54 Å². The van der Waals surface area contributed by atoms with Crippen molar-refractivity contribution in [2.75, 3.05) is 0 Å². The zero-order valence-corrected chi connectivity index (χ0v) is 10.9. The van der Waals surface area contributed by atoms with E-state index in [0.717, 1.165) is 30.4 Å². The van der Waals surface area contributed by atoms with Crippen LogP contribution in [0.5, 0.6) is 0 Å². The van der Waals surface area contributed by atoms with E-state index in [1.165, 1.54) is 5.57 Å². The SMILES string of the molecule is CC1=C(C(=O)NCc2ccc(C(=O)O)cc2)CCC1. The van der Waals surface area contributed by atoms with Crippen molar-refractivity contribution in [1.29, 1.82) is 0 Å². The fourth-order valence-corrected chi connectivity index (χ4v) is 2.26. The summed E-state index contributed by atoms with van der Waals surface area (Å²) in [6, 6.07) is 6.53. The monoisotopic (exact) mass is 259 g/mol. The van der Waals surface area contributed by atoms with Crippen molar-refractivity contribution >= 4 is 11.9 Å². The fraction of sp³-hybridized carbons (Fsp3) is 0.333. The molecule has 1 aromatic carbocycles. The number of hydrogen-bond donors (Lipinski definition) is 2. The second-order valence-electron chi connectivity index (χ2n) is 4.80. The second-order valence-corrected chi connectivity index (χ2v) is 4.80. The molecule has 0 atom stereocenters. The number of carboxylic acid groups (broad SMARTS) is 1. The van der Waals surface area contributed by atoms with Crippen LogP contribution in [0.1, 0.15) is 42.1 Å². The molecule has 0 bridgehead atoms. The first-order valence-corrected chi connectivity index (χ1v) is 6.37. The highest BCUT2D eigenvalue weighted by atomic mass is 16.4. The number of rotatable bonds is 4. The summed E-state index contributed by atoms with van der Waals surface area (Å²) in [6.45, 7) is 2.43. The van der Waals surface area contributed by atoms with Crippen LogP contribution in [0.3, 0.4) is 0 Å². The Kier molecular flexibility index (Phi) is 4.00. The molecule has 2 rings (SSSR count). The highest BCUT2D eigenvalue weighted by Crippen LogP contribution is 2.25. The number of allylic oxidation sites excluding steroid dienone is 1. The van der Waals surface area contributed by atoms with Gasteiger partial charge in [-0.1, -0.05) is 17.7 Å². The van der Waals surface area contributed by atoms with E-state index in [4.69, 9.17) is 5.11 Å². The van der Waals surface area contributed by atoms with Crippen LogP contribution in [-0.2, 0) is 11.3 Å². The summed E-state index contributed by atoms with van der Waals surface area (Å²) in [6.07, 6.45) is 2.92. The lowest BCUT2D eigenvalue weighted by atomic mass is 10.1. The summed E-state index contributed by atoms with van der Waals surface area (Å²) in [5.74, 6) is -0.945. The third-order valence-electron chi connectivity index (χ3n) is 3.42. The summed E-state index contributed by atoms with van der Waals surface area (Å²) in [5, 5.41) is 11.7. The molecule has 2 N–H and O–H groups in total. The molecule has 0 saturated carbocycles. The van der Waals surface area contributed by atoms with Gasteiger partial charge >= 0.3 is 5.97 Å². The van der Waals surface area contributed by atoms with Crippen LogP contribution in [0.15, 0.2) is 35.4 Å². The Morgan fingerprint density at radius 3 is 2.42 bits per heavy atom. The fourth-order valence-electron chi connectivity index (χ4n) is 2.26. The molecule has 0 spiro atoms. The third kappa shape index (κ3) is 3.22. The number of nitrogens with one attached hydrogen (secondary N) is 1. The van der Waals surface area contributed by atoms with E-state index in [-0.39, 0.29) is 11.5 Å². The van der Waals surface area contributed by atoms with Gasteiger partial charge in [-0.25, -0.2) is 4.79 Å². The van der Waals surface area contributed by atoms with Crippen LogP contribution in [0.25, 0.3) is 0 Å². The average Bonchev–Trinajstić information content (AvgIpc) is 2.83. The van der Waals surface area contributed by atoms with Crippen molar-refractivity contribution in [3.63, 3.8) is 0 Å². The molecule has 100 valence electrons. The van der Waals surface area contributed by atoms with Gasteiger partial charge in [-0.2, -0.15) is 0 Å². The van der Waals surface area contributed by atoms with E-state index in [1.54, 1.807) is 24.3 Å². The van der Waals surface area contributed by atoms with Crippen molar-refractivity contribution in [3.8, 4) is 0 Å². The number of amides is 1. The predicted molar refractivity (Wildman–Crippen MR) is 71.8 cm³/mol. The highest BCUT2D eigenvalue weighted by Gasteiger charge is 2.17. The molecular formula is C15H17NO3. The van der Waals surface area contributed by atoms with Crippen molar-refractivity contribution in [2.45, 2.75) is 32.7 Å². The molecule has 0 saturated heterocycles. The van der Waals surface area contributed by atoms with Gasteiger partial charge in [0.2, 0.25) is 5.91 Å². The number of carbonyl (C=O) groups is 2. The molecule has 1 aromatic rings. The van der Waals surface area contributed by atoms with Gasteiger partial charge in [-0.15, -0.1) is 0 Å². The van der Waals surface area contributed by atoms with Crippen LogP contribution < -0.4 is 5.32 Å². The Morgan fingerprint density at radius 1 is 1.21 bits per heavy atom. The molecule has 4 nitrogen and oxygen atoms in total. The molecule has 1 aliphatic rings. The summed E-state index contributed by atoms with van der Waals surface area (Å²) >= 11 is 0. The minimum Gasteiger partial charge on any atom is -0.478 e. The smallest absolute Gasteiger partial charge is 0.335 e. The topological polar surface area (TPSA) is 66.4 Å². The number of carbonyl (C=O) groups excluding carboxylic acids is 1. The van der Waals surface area contributed by atoms with Gasteiger partial charge in [-0.3, -0.25) is 4.79 Å². The molecule has 0 aromatic heterocycles. The maximum atomic E-state index is 11.9. The standard InChI is InChI=1S/C15H17NO3/c1-10-3-2-4-13(10)14(17)16-9-11-5-7-12(8-6-11)15(18)19/h5-8H,2-4,9H2,1H3,(H,16,17)(H,18,19). The maximum Gasteiger partial charge on any atom is 0.335 e. The highest BCUT2D eigenvalue weighted by molar-refractivity contribution is 5.94. The third-order valence-corrected chi connectivity index (χ3v) is 3.42. The molecular weight excluding hydrogens is 242 g/mol. The predicted octanol–water partition coefficient (Wildman–Crippen LogP) is 2.50. The van der Waals surface area contributed by atoms with Gasteiger partial charge in [0.1, 0.15) is 0 Å². The summed E-state index contributed by atoms with van der Waals surface area (Å²) in [5.41, 5.74) is 3.24. The van der Waals surface area contributed by atoms with E-state index in [2.05, 4.69) is 5.32 Å². The van der Waals surface area contributed by atoms with Gasteiger partial charge in [0, 0.05) is 12.1 Å². The number of aromatic carboxylic acids is 1. The van der Waals surface area contributed by atoms with Crippen LogP contribution in [0, 0.1) is 0 Å². The molecule has 1 amide bonds.